The van der Waals surface area contributed by atoms with E-state index in [-0.39, 0.29) is 6.61 Å². The van der Waals surface area contributed by atoms with Crippen LogP contribution in [-0.4, -0.2) is 45.6 Å². The van der Waals surface area contributed by atoms with Gasteiger partial charge in [0.25, 0.3) is 0 Å². The number of anilines is 1. The molecule has 1 aromatic carbocycles. The van der Waals surface area contributed by atoms with E-state index < -0.39 is 0 Å². The van der Waals surface area contributed by atoms with Gasteiger partial charge in [0, 0.05) is 43.6 Å². The lowest BCUT2D eigenvalue weighted by atomic mass is 10.1. The van der Waals surface area contributed by atoms with Crippen molar-refractivity contribution < 1.29 is 14.6 Å². The van der Waals surface area contributed by atoms with E-state index in [0.29, 0.717) is 18.2 Å². The first kappa shape index (κ1) is 15.2. The lowest BCUT2D eigenvalue weighted by Gasteiger charge is -2.26. The summed E-state index contributed by atoms with van der Waals surface area (Å²) in [6.45, 7) is 2.70. The van der Waals surface area contributed by atoms with Crippen LogP contribution in [0.15, 0.2) is 18.2 Å². The second-order valence-electron chi connectivity index (χ2n) is 3.90. The first-order chi connectivity index (χ1) is 8.72. The van der Waals surface area contributed by atoms with Crippen molar-refractivity contribution >= 4 is 17.3 Å². The molecular weight excluding hydrogens is 254 g/mol. The molecule has 0 radical (unpaired) electrons. The average Bonchev–Trinajstić information content (AvgIpc) is 2.39. The molecule has 0 fully saturated rings. The van der Waals surface area contributed by atoms with Gasteiger partial charge in [-0.15, -0.1) is 0 Å². The van der Waals surface area contributed by atoms with Crippen LogP contribution in [0.4, 0.5) is 5.69 Å². The average molecular weight is 274 g/mol. The van der Waals surface area contributed by atoms with Crippen LogP contribution in [0.1, 0.15) is 5.56 Å². The quantitative estimate of drug-likeness (QED) is 0.786. The van der Waals surface area contributed by atoms with Crippen LogP contribution in [0, 0.1) is 0 Å². The lowest BCUT2D eigenvalue weighted by Crippen LogP contribution is -2.31. The summed E-state index contributed by atoms with van der Waals surface area (Å²) in [5, 5.41) is 10.0. The molecule has 0 amide bonds. The minimum Gasteiger partial charge on any atom is -0.392 e. The number of methoxy groups -OCH3 is 2. The van der Waals surface area contributed by atoms with E-state index in [2.05, 4.69) is 4.90 Å². The first-order valence-electron chi connectivity index (χ1n) is 5.85. The van der Waals surface area contributed by atoms with Crippen LogP contribution in [-0.2, 0) is 16.1 Å². The van der Waals surface area contributed by atoms with Crippen molar-refractivity contribution in [3.8, 4) is 0 Å². The number of halogens is 1. The molecule has 0 aliphatic carbocycles. The molecule has 102 valence electrons. The Kier molecular flexibility index (Phi) is 7.05. The molecule has 0 aliphatic heterocycles. The van der Waals surface area contributed by atoms with Crippen molar-refractivity contribution in [3.63, 3.8) is 0 Å². The Morgan fingerprint density at radius 2 is 1.78 bits per heavy atom. The predicted octanol–water partition coefficient (Wildman–Crippen LogP) is 1.93. The lowest BCUT2D eigenvalue weighted by molar-refractivity contribution is 0.190. The Bertz CT molecular complexity index is 352. The fourth-order valence-electron chi connectivity index (χ4n) is 1.74. The molecule has 0 aromatic heterocycles. The fourth-order valence-corrected chi connectivity index (χ4v) is 1.94. The molecule has 5 heteroatoms. The van der Waals surface area contributed by atoms with Crippen LogP contribution < -0.4 is 4.90 Å². The van der Waals surface area contributed by atoms with Gasteiger partial charge in [0.05, 0.1) is 19.8 Å². The molecule has 0 aliphatic rings. The number of nitrogens with zero attached hydrogens (tertiary/aromatic N) is 1. The van der Waals surface area contributed by atoms with Gasteiger partial charge in [-0.25, -0.2) is 0 Å². The third-order valence-corrected chi connectivity index (χ3v) is 2.92. The van der Waals surface area contributed by atoms with Gasteiger partial charge >= 0.3 is 0 Å². The van der Waals surface area contributed by atoms with Crippen molar-refractivity contribution in [2.45, 2.75) is 6.61 Å². The molecule has 0 bridgehead atoms. The maximum atomic E-state index is 9.39. The Hall–Kier alpha value is -0.810. The highest BCUT2D eigenvalue weighted by molar-refractivity contribution is 6.30. The largest absolute Gasteiger partial charge is 0.392 e. The van der Waals surface area contributed by atoms with Crippen molar-refractivity contribution in [1.82, 2.24) is 0 Å². The van der Waals surface area contributed by atoms with Gasteiger partial charge in [-0.05, 0) is 18.2 Å². The predicted molar refractivity (Wildman–Crippen MR) is 73.3 cm³/mol. The minimum atomic E-state index is -0.0354. The first-order valence-corrected chi connectivity index (χ1v) is 6.22. The summed E-state index contributed by atoms with van der Waals surface area (Å²) in [6.07, 6.45) is 0. The van der Waals surface area contributed by atoms with Gasteiger partial charge in [0.15, 0.2) is 0 Å². The number of benzene rings is 1. The molecule has 1 aromatic rings. The standard InChI is InChI=1S/C13H20ClNO3/c1-17-7-5-15(6-8-18-2)13-4-3-12(14)9-11(13)10-16/h3-4,9,16H,5-8,10H2,1-2H3. The van der Waals surface area contributed by atoms with E-state index in [9.17, 15) is 5.11 Å². The van der Waals surface area contributed by atoms with Gasteiger partial charge in [0.1, 0.15) is 0 Å². The Balaban J connectivity index is 2.88. The van der Waals surface area contributed by atoms with Gasteiger partial charge < -0.3 is 19.5 Å². The SMILES string of the molecule is COCCN(CCOC)c1ccc(Cl)cc1CO. The molecule has 0 saturated carbocycles. The van der Waals surface area contributed by atoms with Crippen molar-refractivity contribution in [2.75, 3.05) is 45.4 Å². The van der Waals surface area contributed by atoms with E-state index in [1.165, 1.54) is 0 Å². The normalized spacial score (nSPS) is 10.7. The maximum Gasteiger partial charge on any atom is 0.0702 e. The summed E-state index contributed by atoms with van der Waals surface area (Å²) < 4.78 is 10.2. The number of hydrogen-bond acceptors (Lipinski definition) is 4. The van der Waals surface area contributed by atoms with Gasteiger partial charge in [0.2, 0.25) is 0 Å². The van der Waals surface area contributed by atoms with E-state index >= 15 is 0 Å². The fraction of sp³-hybridized carbons (Fsp3) is 0.538. The molecular formula is C13H20ClNO3. The Morgan fingerprint density at radius 3 is 2.28 bits per heavy atom. The van der Waals surface area contributed by atoms with Crippen LogP contribution >= 0.6 is 11.6 Å². The van der Waals surface area contributed by atoms with Crippen molar-refractivity contribution in [2.24, 2.45) is 0 Å². The number of aliphatic hydroxyl groups excluding tert-OH is 1. The van der Waals surface area contributed by atoms with Gasteiger partial charge in [-0.1, -0.05) is 11.6 Å². The van der Waals surface area contributed by atoms with Crippen LogP contribution in [0.25, 0.3) is 0 Å². The highest BCUT2D eigenvalue weighted by Gasteiger charge is 2.11. The Labute approximate surface area is 113 Å². The highest BCUT2D eigenvalue weighted by atomic mass is 35.5. The number of ether oxygens (including phenoxy) is 2. The Morgan fingerprint density at radius 1 is 1.17 bits per heavy atom. The smallest absolute Gasteiger partial charge is 0.0702 e. The monoisotopic (exact) mass is 273 g/mol. The molecule has 0 spiro atoms. The molecule has 0 heterocycles. The summed E-state index contributed by atoms with van der Waals surface area (Å²) >= 11 is 5.93. The number of rotatable bonds is 8. The molecule has 0 saturated heterocycles. The summed E-state index contributed by atoms with van der Waals surface area (Å²) in [5.41, 5.74) is 1.78. The topological polar surface area (TPSA) is 41.9 Å². The van der Waals surface area contributed by atoms with Gasteiger partial charge in [-0.3, -0.25) is 0 Å². The van der Waals surface area contributed by atoms with Crippen LogP contribution in [0.2, 0.25) is 5.02 Å². The molecule has 18 heavy (non-hydrogen) atoms. The van der Waals surface area contributed by atoms with E-state index in [1.807, 2.05) is 12.1 Å². The number of hydrogen-bond donors (Lipinski definition) is 1. The summed E-state index contributed by atoms with van der Waals surface area (Å²) in [5.74, 6) is 0. The number of aliphatic hydroxyl groups is 1. The highest BCUT2D eigenvalue weighted by Crippen LogP contribution is 2.24. The van der Waals surface area contributed by atoms with E-state index in [4.69, 9.17) is 21.1 Å². The minimum absolute atomic E-state index is 0.0354. The summed E-state index contributed by atoms with van der Waals surface area (Å²) in [7, 11) is 3.34. The zero-order valence-electron chi connectivity index (χ0n) is 10.9. The molecule has 0 atom stereocenters. The zero-order chi connectivity index (χ0) is 13.4. The molecule has 4 nitrogen and oxygen atoms in total. The second kappa shape index (κ2) is 8.32. The molecule has 1 rings (SSSR count). The third-order valence-electron chi connectivity index (χ3n) is 2.68. The van der Waals surface area contributed by atoms with Gasteiger partial charge in [-0.2, -0.15) is 0 Å². The van der Waals surface area contributed by atoms with Crippen LogP contribution in [0.3, 0.4) is 0 Å². The molecule has 0 unspecified atom stereocenters. The molecule has 1 N–H and O–H groups in total. The van der Waals surface area contributed by atoms with E-state index in [0.717, 1.165) is 24.3 Å². The van der Waals surface area contributed by atoms with E-state index in [1.54, 1.807) is 20.3 Å². The van der Waals surface area contributed by atoms with Crippen molar-refractivity contribution in [3.05, 3.63) is 28.8 Å². The summed E-state index contributed by atoms with van der Waals surface area (Å²) in [6, 6.07) is 5.52. The third kappa shape index (κ3) is 4.46. The van der Waals surface area contributed by atoms with Crippen molar-refractivity contribution in [1.29, 1.82) is 0 Å². The second-order valence-corrected chi connectivity index (χ2v) is 4.34. The van der Waals surface area contributed by atoms with Crippen LogP contribution in [0.5, 0.6) is 0 Å². The maximum absolute atomic E-state index is 9.39. The summed E-state index contributed by atoms with van der Waals surface area (Å²) in [4.78, 5) is 2.12. The zero-order valence-corrected chi connectivity index (χ0v) is 11.6.